The van der Waals surface area contributed by atoms with Crippen molar-refractivity contribution in [2.45, 2.75) is 33.1 Å². The number of benzene rings is 1. The second kappa shape index (κ2) is 5.54. The van der Waals surface area contributed by atoms with E-state index in [9.17, 15) is 4.79 Å². The smallest absolute Gasteiger partial charge is 0.224 e. The lowest BCUT2D eigenvalue weighted by atomic mass is 10.0. The number of carbonyl (C=O) groups excluding carboxylic acids is 1. The minimum Gasteiger partial charge on any atom is -0.495 e. The fraction of sp³-hybridized carbons (Fsp3) is 0.462. The van der Waals surface area contributed by atoms with Crippen molar-refractivity contribution in [3.8, 4) is 5.75 Å². The summed E-state index contributed by atoms with van der Waals surface area (Å²) < 4.78 is 5.27. The van der Waals surface area contributed by atoms with E-state index in [-0.39, 0.29) is 5.91 Å². The van der Waals surface area contributed by atoms with Crippen LogP contribution >= 0.6 is 0 Å². The van der Waals surface area contributed by atoms with E-state index in [2.05, 4.69) is 19.2 Å². The van der Waals surface area contributed by atoms with Crippen molar-refractivity contribution in [3.05, 3.63) is 23.8 Å². The van der Waals surface area contributed by atoms with Crippen LogP contribution in [0.15, 0.2) is 18.2 Å². The van der Waals surface area contributed by atoms with Gasteiger partial charge in [-0.1, -0.05) is 26.8 Å². The fourth-order valence-corrected chi connectivity index (χ4v) is 1.41. The molecule has 0 saturated carbocycles. The van der Waals surface area contributed by atoms with Crippen molar-refractivity contribution >= 4 is 11.6 Å². The van der Waals surface area contributed by atoms with Gasteiger partial charge in [0.2, 0.25) is 5.91 Å². The molecule has 0 unspecified atom stereocenters. The first-order chi connectivity index (χ1) is 7.58. The highest BCUT2D eigenvalue weighted by Gasteiger charge is 2.08. The highest BCUT2D eigenvalue weighted by molar-refractivity contribution is 5.92. The molecule has 1 aromatic rings. The van der Waals surface area contributed by atoms with Crippen LogP contribution in [-0.4, -0.2) is 13.0 Å². The molecule has 0 fully saturated rings. The van der Waals surface area contributed by atoms with Gasteiger partial charge in [-0.25, -0.2) is 0 Å². The number of rotatable bonds is 4. The minimum absolute atomic E-state index is 0.00408. The van der Waals surface area contributed by atoms with Crippen LogP contribution < -0.4 is 10.1 Å². The number of hydrogen-bond donors (Lipinski definition) is 1. The van der Waals surface area contributed by atoms with E-state index < -0.39 is 0 Å². The second-order valence-electron chi connectivity index (χ2n) is 4.02. The van der Waals surface area contributed by atoms with E-state index in [1.807, 2.05) is 25.1 Å². The molecule has 88 valence electrons. The lowest BCUT2D eigenvalue weighted by Gasteiger charge is -2.13. The van der Waals surface area contributed by atoms with Crippen LogP contribution in [0.1, 0.15) is 38.7 Å². The number of anilines is 1. The van der Waals surface area contributed by atoms with Gasteiger partial charge in [-0.3, -0.25) is 4.79 Å². The zero-order valence-electron chi connectivity index (χ0n) is 10.3. The van der Waals surface area contributed by atoms with Crippen LogP contribution in [0, 0.1) is 0 Å². The van der Waals surface area contributed by atoms with Crippen molar-refractivity contribution in [2.24, 2.45) is 0 Å². The second-order valence-corrected chi connectivity index (χ2v) is 4.02. The fourth-order valence-electron chi connectivity index (χ4n) is 1.41. The molecule has 0 aliphatic carbocycles. The van der Waals surface area contributed by atoms with Crippen LogP contribution in [0.25, 0.3) is 0 Å². The molecule has 1 rings (SSSR count). The summed E-state index contributed by atoms with van der Waals surface area (Å²) in [5, 5.41) is 2.81. The maximum Gasteiger partial charge on any atom is 0.224 e. The van der Waals surface area contributed by atoms with Crippen molar-refractivity contribution in [1.29, 1.82) is 0 Å². The molecular weight excluding hydrogens is 202 g/mol. The minimum atomic E-state index is -0.00408. The van der Waals surface area contributed by atoms with Crippen LogP contribution in [-0.2, 0) is 4.79 Å². The number of nitrogens with one attached hydrogen (secondary N) is 1. The zero-order chi connectivity index (χ0) is 12.1. The topological polar surface area (TPSA) is 38.3 Å². The first kappa shape index (κ1) is 12.6. The van der Waals surface area contributed by atoms with E-state index in [1.54, 1.807) is 7.11 Å². The Morgan fingerprint density at radius 1 is 1.44 bits per heavy atom. The predicted molar refractivity (Wildman–Crippen MR) is 66.0 cm³/mol. The molecule has 16 heavy (non-hydrogen) atoms. The van der Waals surface area contributed by atoms with Crippen LogP contribution in [0.4, 0.5) is 5.69 Å². The molecule has 0 saturated heterocycles. The van der Waals surface area contributed by atoms with E-state index >= 15 is 0 Å². The first-order valence-corrected chi connectivity index (χ1v) is 5.56. The summed E-state index contributed by atoms with van der Waals surface area (Å²) in [5.41, 5.74) is 1.94. The first-order valence-electron chi connectivity index (χ1n) is 5.56. The summed E-state index contributed by atoms with van der Waals surface area (Å²) in [4.78, 5) is 11.3. The van der Waals surface area contributed by atoms with Crippen LogP contribution in [0.3, 0.4) is 0 Å². The molecular formula is C13H19NO2. The summed E-state index contributed by atoms with van der Waals surface area (Å²) in [6.07, 6.45) is 0.467. The molecule has 0 aromatic heterocycles. The zero-order valence-corrected chi connectivity index (χ0v) is 10.3. The molecule has 0 aliphatic heterocycles. The lowest BCUT2D eigenvalue weighted by molar-refractivity contribution is -0.115. The number of amides is 1. The van der Waals surface area contributed by atoms with Gasteiger partial charge in [-0.15, -0.1) is 0 Å². The number of ether oxygens (including phenoxy) is 1. The third kappa shape index (κ3) is 2.99. The molecule has 1 aromatic carbocycles. The van der Waals surface area contributed by atoms with Gasteiger partial charge < -0.3 is 10.1 Å². The summed E-state index contributed by atoms with van der Waals surface area (Å²) >= 11 is 0. The maximum atomic E-state index is 11.3. The monoisotopic (exact) mass is 221 g/mol. The third-order valence-electron chi connectivity index (χ3n) is 2.49. The lowest BCUT2D eigenvalue weighted by Crippen LogP contribution is -2.10. The molecule has 0 atom stereocenters. The van der Waals surface area contributed by atoms with Gasteiger partial charge in [-0.2, -0.15) is 0 Å². The molecule has 0 aliphatic rings. The Kier molecular flexibility index (Phi) is 4.35. The van der Waals surface area contributed by atoms with Gasteiger partial charge in [0.15, 0.2) is 0 Å². The maximum absolute atomic E-state index is 11.3. The summed E-state index contributed by atoms with van der Waals surface area (Å²) in [5.74, 6) is 1.16. The van der Waals surface area contributed by atoms with Gasteiger partial charge in [0, 0.05) is 6.42 Å². The van der Waals surface area contributed by atoms with Crippen LogP contribution in [0.2, 0.25) is 0 Å². The van der Waals surface area contributed by atoms with Crippen LogP contribution in [0.5, 0.6) is 5.75 Å². The van der Waals surface area contributed by atoms with Gasteiger partial charge in [-0.05, 0) is 23.6 Å². The van der Waals surface area contributed by atoms with Gasteiger partial charge in [0.1, 0.15) is 5.75 Å². The average molecular weight is 221 g/mol. The normalized spacial score (nSPS) is 10.3. The average Bonchev–Trinajstić information content (AvgIpc) is 2.29. The van der Waals surface area contributed by atoms with Gasteiger partial charge in [0.25, 0.3) is 0 Å². The van der Waals surface area contributed by atoms with E-state index in [0.29, 0.717) is 18.1 Å². The van der Waals surface area contributed by atoms with Crippen molar-refractivity contribution < 1.29 is 9.53 Å². The Morgan fingerprint density at radius 2 is 2.12 bits per heavy atom. The predicted octanol–water partition coefficient (Wildman–Crippen LogP) is 3.17. The molecule has 0 heterocycles. The Bertz CT molecular complexity index is 372. The largest absolute Gasteiger partial charge is 0.495 e. The van der Waals surface area contributed by atoms with Gasteiger partial charge >= 0.3 is 0 Å². The number of hydrogen-bond acceptors (Lipinski definition) is 2. The Morgan fingerprint density at radius 3 is 2.62 bits per heavy atom. The van der Waals surface area contributed by atoms with E-state index in [0.717, 1.165) is 5.69 Å². The van der Waals surface area contributed by atoms with Crippen molar-refractivity contribution in [2.75, 3.05) is 12.4 Å². The SMILES string of the molecule is CCC(=O)Nc1ccc(C(C)C)cc1OC. The summed E-state index contributed by atoms with van der Waals surface area (Å²) in [6, 6.07) is 5.87. The highest BCUT2D eigenvalue weighted by Crippen LogP contribution is 2.28. The number of methoxy groups -OCH3 is 1. The summed E-state index contributed by atoms with van der Waals surface area (Å²) in [7, 11) is 1.61. The third-order valence-corrected chi connectivity index (χ3v) is 2.49. The van der Waals surface area contributed by atoms with Crippen molar-refractivity contribution in [3.63, 3.8) is 0 Å². The summed E-state index contributed by atoms with van der Waals surface area (Å²) in [6.45, 7) is 6.07. The Hall–Kier alpha value is -1.51. The molecule has 1 N–H and O–H groups in total. The van der Waals surface area contributed by atoms with E-state index in [4.69, 9.17) is 4.74 Å². The Labute approximate surface area is 96.8 Å². The Balaban J connectivity index is 2.97. The van der Waals surface area contributed by atoms with Gasteiger partial charge in [0.05, 0.1) is 12.8 Å². The molecule has 0 bridgehead atoms. The molecule has 1 amide bonds. The standard InChI is InChI=1S/C13H19NO2/c1-5-13(15)14-11-7-6-10(9(2)3)8-12(11)16-4/h6-9H,5H2,1-4H3,(H,14,15). The molecule has 3 heteroatoms. The highest BCUT2D eigenvalue weighted by atomic mass is 16.5. The molecule has 0 spiro atoms. The molecule has 0 radical (unpaired) electrons. The quantitative estimate of drug-likeness (QED) is 0.848. The van der Waals surface area contributed by atoms with Crippen molar-refractivity contribution in [1.82, 2.24) is 0 Å². The number of carbonyl (C=O) groups is 1. The van der Waals surface area contributed by atoms with E-state index in [1.165, 1.54) is 5.56 Å². The molecule has 3 nitrogen and oxygen atoms in total.